The van der Waals surface area contributed by atoms with Gasteiger partial charge in [0.15, 0.2) is 4.96 Å². The van der Waals surface area contributed by atoms with Gasteiger partial charge >= 0.3 is 0 Å². The summed E-state index contributed by atoms with van der Waals surface area (Å²) in [5.74, 6) is 0.727. The summed E-state index contributed by atoms with van der Waals surface area (Å²) in [6, 6.07) is 9.79. The third kappa shape index (κ3) is 2.65. The Morgan fingerprint density at radius 3 is 2.72 bits per heavy atom. The molecule has 0 aliphatic carbocycles. The van der Waals surface area contributed by atoms with Crippen LogP contribution in [0.5, 0.6) is 5.75 Å². The predicted molar refractivity (Wildman–Crippen MR) is 106 cm³/mol. The minimum absolute atomic E-state index is 0.0484. The number of thiazole rings is 1. The number of fused-ring (bicyclic) bond motifs is 3. The van der Waals surface area contributed by atoms with E-state index in [0.717, 1.165) is 32.4 Å². The Labute approximate surface area is 156 Å². The van der Waals surface area contributed by atoms with Crippen LogP contribution in [-0.2, 0) is 0 Å². The molecule has 6 heteroatoms. The van der Waals surface area contributed by atoms with Crippen LogP contribution in [0.15, 0.2) is 39.6 Å². The summed E-state index contributed by atoms with van der Waals surface area (Å²) in [5, 5.41) is 0. The Bertz CT molecular complexity index is 1240. The van der Waals surface area contributed by atoms with Gasteiger partial charge in [0, 0.05) is 10.0 Å². The summed E-state index contributed by atoms with van der Waals surface area (Å²) in [7, 11) is 1.62. The van der Waals surface area contributed by atoms with Crippen LogP contribution in [0.4, 0.5) is 0 Å². The number of aryl methyl sites for hydroxylation is 2. The fraction of sp³-hybridized carbons (Fsp3) is 0.158. The SMILES string of the molecule is COc1ccc(Br)cc1/C=c1\sc2nc3cc(C)c(C)cc3n2c1=O. The molecule has 0 saturated carbocycles. The molecule has 0 N–H and O–H groups in total. The summed E-state index contributed by atoms with van der Waals surface area (Å²) >= 11 is 4.86. The third-order valence-corrected chi connectivity index (χ3v) is 5.79. The number of aromatic nitrogens is 2. The lowest BCUT2D eigenvalue weighted by Crippen LogP contribution is -2.22. The Morgan fingerprint density at radius 1 is 1.20 bits per heavy atom. The first kappa shape index (κ1) is 16.3. The number of methoxy groups -OCH3 is 1. The van der Waals surface area contributed by atoms with E-state index in [9.17, 15) is 4.79 Å². The van der Waals surface area contributed by atoms with E-state index in [2.05, 4.69) is 27.8 Å². The van der Waals surface area contributed by atoms with Crippen molar-refractivity contribution in [1.29, 1.82) is 0 Å². The van der Waals surface area contributed by atoms with Crippen molar-refractivity contribution < 1.29 is 4.74 Å². The number of hydrogen-bond acceptors (Lipinski definition) is 4. The number of nitrogens with zero attached hydrogens (tertiary/aromatic N) is 2. The maximum Gasteiger partial charge on any atom is 0.274 e. The van der Waals surface area contributed by atoms with Crippen LogP contribution in [-0.4, -0.2) is 16.5 Å². The molecule has 0 saturated heterocycles. The fourth-order valence-corrected chi connectivity index (χ4v) is 4.23. The normalized spacial score (nSPS) is 12.4. The molecule has 0 radical (unpaired) electrons. The number of hydrogen-bond donors (Lipinski definition) is 0. The van der Waals surface area contributed by atoms with E-state index in [-0.39, 0.29) is 5.56 Å². The minimum atomic E-state index is -0.0484. The Balaban J connectivity index is 2.01. The van der Waals surface area contributed by atoms with Crippen molar-refractivity contribution in [2.75, 3.05) is 7.11 Å². The number of benzene rings is 2. The summed E-state index contributed by atoms with van der Waals surface area (Å²) in [6.45, 7) is 4.10. The number of imidazole rings is 1. The highest BCUT2D eigenvalue weighted by molar-refractivity contribution is 9.10. The molecule has 2 heterocycles. The highest BCUT2D eigenvalue weighted by Crippen LogP contribution is 2.24. The van der Waals surface area contributed by atoms with Crippen LogP contribution in [0.2, 0.25) is 0 Å². The molecule has 0 fully saturated rings. The molecule has 0 unspecified atom stereocenters. The molecule has 126 valence electrons. The molecule has 4 rings (SSSR count). The van der Waals surface area contributed by atoms with E-state index in [1.54, 1.807) is 11.5 Å². The van der Waals surface area contributed by atoms with Crippen molar-refractivity contribution in [2.24, 2.45) is 0 Å². The van der Waals surface area contributed by atoms with Crippen molar-refractivity contribution in [1.82, 2.24) is 9.38 Å². The van der Waals surface area contributed by atoms with Crippen LogP contribution in [0.1, 0.15) is 16.7 Å². The highest BCUT2D eigenvalue weighted by Gasteiger charge is 2.13. The summed E-state index contributed by atoms with van der Waals surface area (Å²) in [6.07, 6.45) is 1.86. The number of ether oxygens (including phenoxy) is 1. The molecule has 25 heavy (non-hydrogen) atoms. The lowest BCUT2D eigenvalue weighted by molar-refractivity contribution is 0.414. The zero-order valence-corrected chi connectivity index (χ0v) is 16.4. The van der Waals surface area contributed by atoms with Gasteiger partial charge in [-0.3, -0.25) is 4.79 Å². The highest BCUT2D eigenvalue weighted by atomic mass is 79.9. The van der Waals surface area contributed by atoms with Crippen molar-refractivity contribution in [3.05, 3.63) is 66.4 Å². The molecule has 0 bridgehead atoms. The van der Waals surface area contributed by atoms with Gasteiger partial charge in [-0.05, 0) is 61.4 Å². The summed E-state index contributed by atoms with van der Waals surface area (Å²) in [4.78, 5) is 18.3. The van der Waals surface area contributed by atoms with Crippen molar-refractivity contribution in [3.8, 4) is 5.75 Å². The summed E-state index contributed by atoms with van der Waals surface area (Å²) in [5.41, 5.74) is 4.86. The van der Waals surface area contributed by atoms with E-state index >= 15 is 0 Å². The third-order valence-electron chi connectivity index (χ3n) is 4.33. The maximum atomic E-state index is 12.9. The Morgan fingerprint density at radius 2 is 1.96 bits per heavy atom. The first-order valence-electron chi connectivity index (χ1n) is 7.75. The van der Waals surface area contributed by atoms with Gasteiger partial charge in [0.2, 0.25) is 0 Å². The summed E-state index contributed by atoms with van der Waals surface area (Å²) < 4.78 is 8.67. The minimum Gasteiger partial charge on any atom is -0.496 e. The van der Waals surface area contributed by atoms with Gasteiger partial charge in [0.25, 0.3) is 5.56 Å². The monoisotopic (exact) mass is 414 g/mol. The van der Waals surface area contributed by atoms with Crippen LogP contribution in [0.25, 0.3) is 22.1 Å². The first-order valence-corrected chi connectivity index (χ1v) is 9.36. The van der Waals surface area contributed by atoms with E-state index in [1.807, 2.05) is 43.3 Å². The molecule has 4 nitrogen and oxygen atoms in total. The fourth-order valence-electron chi connectivity index (χ4n) is 2.88. The topological polar surface area (TPSA) is 43.6 Å². The average Bonchev–Trinajstić information content (AvgIpc) is 3.05. The van der Waals surface area contributed by atoms with Gasteiger partial charge in [-0.15, -0.1) is 0 Å². The molecular formula is C19H15BrN2O2S. The molecule has 2 aromatic heterocycles. The molecular weight excluding hydrogens is 400 g/mol. The van der Waals surface area contributed by atoms with E-state index in [0.29, 0.717) is 9.49 Å². The lowest BCUT2D eigenvalue weighted by Gasteiger charge is -2.04. The van der Waals surface area contributed by atoms with Crippen molar-refractivity contribution in [2.45, 2.75) is 13.8 Å². The smallest absolute Gasteiger partial charge is 0.274 e. The van der Waals surface area contributed by atoms with Crippen LogP contribution in [0, 0.1) is 13.8 Å². The molecule has 0 amide bonds. The molecule has 0 atom stereocenters. The van der Waals surface area contributed by atoms with Crippen LogP contribution in [0.3, 0.4) is 0 Å². The van der Waals surface area contributed by atoms with E-state index in [4.69, 9.17) is 4.74 Å². The zero-order valence-electron chi connectivity index (χ0n) is 14.0. The quantitative estimate of drug-likeness (QED) is 0.500. The zero-order chi connectivity index (χ0) is 17.7. The standard InChI is InChI=1S/C19H15BrN2O2S/c1-10-6-14-15(7-11(10)2)22-18(23)17(25-19(22)21-14)9-12-8-13(20)4-5-16(12)24-3/h4-9H,1-3H3/b17-9-. The Hall–Kier alpha value is -2.18. The lowest BCUT2D eigenvalue weighted by atomic mass is 10.1. The first-order chi connectivity index (χ1) is 12.0. The number of rotatable bonds is 2. The predicted octanol–water partition coefficient (Wildman–Crippen LogP) is 3.84. The second-order valence-corrected chi connectivity index (χ2v) is 7.88. The second kappa shape index (κ2) is 5.97. The second-order valence-electron chi connectivity index (χ2n) is 5.96. The maximum absolute atomic E-state index is 12.9. The molecule has 4 aromatic rings. The Kier molecular flexibility index (Phi) is 3.89. The molecule has 0 spiro atoms. The van der Waals surface area contributed by atoms with Gasteiger partial charge in [0.1, 0.15) is 5.75 Å². The molecule has 0 aliphatic rings. The van der Waals surface area contributed by atoms with Crippen LogP contribution < -0.4 is 14.8 Å². The van der Waals surface area contributed by atoms with Gasteiger partial charge in [-0.2, -0.15) is 0 Å². The van der Waals surface area contributed by atoms with E-state index < -0.39 is 0 Å². The van der Waals surface area contributed by atoms with Crippen LogP contribution >= 0.6 is 27.3 Å². The van der Waals surface area contributed by atoms with E-state index in [1.165, 1.54) is 16.9 Å². The van der Waals surface area contributed by atoms with Crippen molar-refractivity contribution >= 4 is 49.3 Å². The van der Waals surface area contributed by atoms with Gasteiger partial charge in [-0.25, -0.2) is 9.38 Å². The molecule has 2 aromatic carbocycles. The number of halogens is 1. The van der Waals surface area contributed by atoms with Gasteiger partial charge in [0.05, 0.1) is 22.7 Å². The van der Waals surface area contributed by atoms with Crippen molar-refractivity contribution in [3.63, 3.8) is 0 Å². The average molecular weight is 415 g/mol. The van der Waals surface area contributed by atoms with Gasteiger partial charge in [-0.1, -0.05) is 27.3 Å². The molecule has 0 aliphatic heterocycles. The van der Waals surface area contributed by atoms with Gasteiger partial charge < -0.3 is 4.74 Å². The largest absolute Gasteiger partial charge is 0.496 e.